The second kappa shape index (κ2) is 6.06. The maximum Gasteiger partial charge on any atom is 0.236 e. The third-order valence-electron chi connectivity index (χ3n) is 5.80. The summed E-state index contributed by atoms with van der Waals surface area (Å²) in [6.07, 6.45) is 5.53. The number of sulfonamides is 1. The first-order valence-corrected chi connectivity index (χ1v) is 10.5. The van der Waals surface area contributed by atoms with Crippen LogP contribution in [-0.2, 0) is 21.2 Å². The monoisotopic (exact) mass is 348 g/mol. The molecule has 0 spiro atoms. The number of rotatable bonds is 5. The molecule has 1 amide bonds. The molecule has 3 aliphatic rings. The molecule has 1 N–H and O–H groups in total. The third-order valence-corrected chi connectivity index (χ3v) is 7.57. The third kappa shape index (κ3) is 2.81. The molecule has 0 bridgehead atoms. The number of nitrogens with zero attached hydrogens (tertiary/aromatic N) is 1. The molecule has 0 radical (unpaired) electrons. The maximum absolute atomic E-state index is 12.6. The van der Waals surface area contributed by atoms with Gasteiger partial charge in [-0.25, -0.2) is 8.42 Å². The van der Waals surface area contributed by atoms with E-state index in [0.29, 0.717) is 18.4 Å². The van der Waals surface area contributed by atoms with Gasteiger partial charge in [-0.1, -0.05) is 31.0 Å². The largest absolute Gasteiger partial charge is 0.355 e. The molecule has 1 aromatic carbocycles. The average molecular weight is 348 g/mol. The summed E-state index contributed by atoms with van der Waals surface area (Å²) in [6.45, 7) is 0.707. The molecule has 1 aromatic rings. The van der Waals surface area contributed by atoms with Crippen LogP contribution in [0.4, 0.5) is 5.69 Å². The van der Waals surface area contributed by atoms with Gasteiger partial charge in [0.2, 0.25) is 15.9 Å². The van der Waals surface area contributed by atoms with Crippen LogP contribution >= 0.6 is 0 Å². The molecular weight excluding hydrogens is 324 g/mol. The topological polar surface area (TPSA) is 66.5 Å². The molecule has 2 fully saturated rings. The standard InChI is InChI=1S/C18H24N2O3S/c21-18(17-14-6-2-3-7-15(14)17)19-10-12-24(22,23)20-11-9-13-5-1-4-8-16(13)20/h1,4-5,8,14-15,17H,2-3,6-7,9-12H2,(H,19,21)/t14-,15-/m0/s1. The van der Waals surface area contributed by atoms with Gasteiger partial charge in [0, 0.05) is 19.0 Å². The summed E-state index contributed by atoms with van der Waals surface area (Å²) in [7, 11) is -3.38. The molecule has 2 aliphatic carbocycles. The molecule has 0 aromatic heterocycles. The molecule has 24 heavy (non-hydrogen) atoms. The van der Waals surface area contributed by atoms with Gasteiger partial charge in [-0.15, -0.1) is 0 Å². The van der Waals surface area contributed by atoms with Crippen molar-refractivity contribution in [2.75, 3.05) is 23.1 Å². The lowest BCUT2D eigenvalue weighted by molar-refractivity contribution is -0.122. The van der Waals surface area contributed by atoms with Gasteiger partial charge in [-0.05, 0) is 42.7 Å². The lowest BCUT2D eigenvalue weighted by atomic mass is 10.0. The van der Waals surface area contributed by atoms with Gasteiger partial charge >= 0.3 is 0 Å². The van der Waals surface area contributed by atoms with Gasteiger partial charge in [-0.2, -0.15) is 0 Å². The molecule has 4 rings (SSSR count). The number of benzene rings is 1. The van der Waals surface area contributed by atoms with Crippen molar-refractivity contribution in [1.29, 1.82) is 0 Å². The summed E-state index contributed by atoms with van der Waals surface area (Å²) in [4.78, 5) is 12.3. The fraction of sp³-hybridized carbons (Fsp3) is 0.611. The van der Waals surface area contributed by atoms with Crippen molar-refractivity contribution < 1.29 is 13.2 Å². The van der Waals surface area contributed by atoms with Crippen LogP contribution in [0.25, 0.3) is 0 Å². The molecule has 2 saturated carbocycles. The van der Waals surface area contributed by atoms with E-state index < -0.39 is 10.0 Å². The fourth-order valence-electron chi connectivity index (χ4n) is 4.51. The SMILES string of the molecule is O=C(NCCS(=O)(=O)N1CCc2ccccc21)C1[C@H]2CCCC[C@H]12. The molecule has 5 nitrogen and oxygen atoms in total. The molecule has 0 saturated heterocycles. The molecule has 6 heteroatoms. The molecule has 1 aliphatic heterocycles. The minimum Gasteiger partial charge on any atom is -0.355 e. The number of nitrogens with one attached hydrogen (secondary N) is 1. The second-order valence-electron chi connectivity index (χ2n) is 7.20. The quantitative estimate of drug-likeness (QED) is 0.884. The smallest absolute Gasteiger partial charge is 0.236 e. The Morgan fingerprint density at radius 2 is 1.88 bits per heavy atom. The van der Waals surface area contributed by atoms with E-state index >= 15 is 0 Å². The fourth-order valence-corrected chi connectivity index (χ4v) is 5.94. The number of fused-ring (bicyclic) bond motifs is 2. The van der Waals surface area contributed by atoms with Crippen LogP contribution in [0.2, 0.25) is 0 Å². The Morgan fingerprint density at radius 3 is 2.62 bits per heavy atom. The summed E-state index contributed by atoms with van der Waals surface area (Å²) < 4.78 is 26.7. The lowest BCUT2D eigenvalue weighted by Gasteiger charge is -2.19. The highest BCUT2D eigenvalue weighted by molar-refractivity contribution is 7.92. The van der Waals surface area contributed by atoms with E-state index in [0.717, 1.165) is 30.5 Å². The number of hydrogen-bond acceptors (Lipinski definition) is 3. The van der Waals surface area contributed by atoms with Crippen LogP contribution < -0.4 is 9.62 Å². The molecule has 0 unspecified atom stereocenters. The number of hydrogen-bond donors (Lipinski definition) is 1. The number of amides is 1. The zero-order valence-electron chi connectivity index (χ0n) is 13.8. The van der Waals surface area contributed by atoms with E-state index in [1.54, 1.807) is 0 Å². The highest BCUT2D eigenvalue weighted by atomic mass is 32.2. The Morgan fingerprint density at radius 1 is 1.17 bits per heavy atom. The van der Waals surface area contributed by atoms with Crippen LogP contribution in [0.5, 0.6) is 0 Å². The van der Waals surface area contributed by atoms with Crippen molar-refractivity contribution >= 4 is 21.6 Å². The lowest BCUT2D eigenvalue weighted by Crippen LogP contribution is -2.37. The van der Waals surface area contributed by atoms with Crippen LogP contribution in [0.1, 0.15) is 31.2 Å². The predicted octanol–water partition coefficient (Wildman–Crippen LogP) is 1.93. The summed E-state index contributed by atoms with van der Waals surface area (Å²) in [5.74, 6) is 1.28. The van der Waals surface area contributed by atoms with Gasteiger partial charge in [0.25, 0.3) is 0 Å². The normalized spacial score (nSPS) is 28.2. The maximum atomic E-state index is 12.6. The van der Waals surface area contributed by atoms with Crippen LogP contribution in [-0.4, -0.2) is 33.2 Å². The average Bonchev–Trinajstić information content (AvgIpc) is 3.14. The van der Waals surface area contributed by atoms with Gasteiger partial charge in [0.05, 0.1) is 11.4 Å². The van der Waals surface area contributed by atoms with E-state index in [-0.39, 0.29) is 24.1 Å². The second-order valence-corrected chi connectivity index (χ2v) is 9.21. The van der Waals surface area contributed by atoms with Crippen molar-refractivity contribution in [2.45, 2.75) is 32.1 Å². The van der Waals surface area contributed by atoms with Crippen LogP contribution in [0.3, 0.4) is 0 Å². The van der Waals surface area contributed by atoms with Gasteiger partial charge in [0.15, 0.2) is 0 Å². The first-order chi connectivity index (χ1) is 11.6. The number of carbonyl (C=O) groups is 1. The highest BCUT2D eigenvalue weighted by Gasteiger charge is 2.54. The Balaban J connectivity index is 1.32. The molecule has 1 heterocycles. The van der Waals surface area contributed by atoms with Crippen molar-refractivity contribution in [3.8, 4) is 0 Å². The van der Waals surface area contributed by atoms with E-state index in [4.69, 9.17) is 0 Å². The molecular formula is C18H24N2O3S. The first kappa shape index (κ1) is 15.9. The summed E-state index contributed by atoms with van der Waals surface area (Å²) in [6, 6.07) is 7.63. The van der Waals surface area contributed by atoms with E-state index in [9.17, 15) is 13.2 Å². The Kier molecular flexibility index (Phi) is 4.03. The summed E-state index contributed by atoms with van der Waals surface area (Å²) >= 11 is 0. The first-order valence-electron chi connectivity index (χ1n) is 8.94. The Labute approximate surface area is 143 Å². The van der Waals surface area contributed by atoms with Gasteiger partial charge < -0.3 is 5.32 Å². The van der Waals surface area contributed by atoms with Gasteiger partial charge in [-0.3, -0.25) is 9.10 Å². The number of anilines is 1. The van der Waals surface area contributed by atoms with Crippen LogP contribution in [0.15, 0.2) is 24.3 Å². The van der Waals surface area contributed by atoms with Crippen molar-refractivity contribution in [1.82, 2.24) is 5.32 Å². The van der Waals surface area contributed by atoms with E-state index in [1.165, 1.54) is 17.1 Å². The summed E-state index contributed by atoms with van der Waals surface area (Å²) in [5.41, 5.74) is 1.87. The highest BCUT2D eigenvalue weighted by Crippen LogP contribution is 2.55. The van der Waals surface area contributed by atoms with Crippen LogP contribution in [0, 0.1) is 17.8 Å². The number of carbonyl (C=O) groups excluding carboxylic acids is 1. The minimum absolute atomic E-state index is 0.0326. The summed E-state index contributed by atoms with van der Waals surface area (Å²) in [5, 5.41) is 2.86. The Hall–Kier alpha value is -1.56. The van der Waals surface area contributed by atoms with Crippen molar-refractivity contribution in [3.63, 3.8) is 0 Å². The zero-order chi connectivity index (χ0) is 16.7. The number of para-hydroxylation sites is 1. The van der Waals surface area contributed by atoms with Gasteiger partial charge in [0.1, 0.15) is 0 Å². The zero-order valence-corrected chi connectivity index (χ0v) is 14.6. The van der Waals surface area contributed by atoms with E-state index in [1.807, 2.05) is 24.3 Å². The minimum atomic E-state index is -3.38. The predicted molar refractivity (Wildman–Crippen MR) is 93.2 cm³/mol. The molecule has 130 valence electrons. The van der Waals surface area contributed by atoms with Crippen molar-refractivity contribution in [2.24, 2.45) is 17.8 Å². The van der Waals surface area contributed by atoms with E-state index in [2.05, 4.69) is 5.32 Å². The van der Waals surface area contributed by atoms with Crippen molar-refractivity contribution in [3.05, 3.63) is 29.8 Å². The molecule has 2 atom stereocenters. The Bertz CT molecular complexity index is 734.